The van der Waals surface area contributed by atoms with E-state index in [4.69, 9.17) is 9.47 Å². The molecule has 48 heavy (non-hydrogen) atoms. The molecule has 1 unspecified atom stereocenters. The van der Waals surface area contributed by atoms with E-state index in [0.29, 0.717) is 45.7 Å². The summed E-state index contributed by atoms with van der Waals surface area (Å²) in [7, 11) is 1.35. The Morgan fingerprint density at radius 1 is 0.979 bits per heavy atom. The van der Waals surface area contributed by atoms with Crippen LogP contribution >= 0.6 is 23.1 Å². The van der Waals surface area contributed by atoms with Crippen molar-refractivity contribution in [3.05, 3.63) is 112 Å². The molecule has 5 rings (SSSR count). The lowest BCUT2D eigenvalue weighted by atomic mass is 9.88. The number of carbonyl (C=O) groups excluding carboxylic acids is 4. The largest absolute Gasteiger partial charge is 0.493 e. The van der Waals surface area contributed by atoms with Gasteiger partial charge < -0.3 is 25.4 Å². The van der Waals surface area contributed by atoms with E-state index in [0.717, 1.165) is 34.6 Å². The van der Waals surface area contributed by atoms with E-state index in [1.165, 1.54) is 30.2 Å². The fraction of sp³-hybridized carbons (Fsp3) is 0.243. The highest BCUT2D eigenvalue weighted by atomic mass is 32.2. The lowest BCUT2D eigenvalue weighted by Gasteiger charge is -2.18. The summed E-state index contributed by atoms with van der Waals surface area (Å²) >= 11 is 2.74. The number of ether oxygens (including phenoxy) is 2. The molecule has 1 atom stereocenters. The van der Waals surface area contributed by atoms with Crippen LogP contribution in [0.3, 0.4) is 0 Å². The number of hydrogen-bond donors (Lipinski definition) is 3. The van der Waals surface area contributed by atoms with Gasteiger partial charge in [-0.3, -0.25) is 14.4 Å². The van der Waals surface area contributed by atoms with Gasteiger partial charge in [0, 0.05) is 26.6 Å². The van der Waals surface area contributed by atoms with Crippen LogP contribution in [0.2, 0.25) is 0 Å². The first-order valence-electron chi connectivity index (χ1n) is 15.6. The molecule has 0 fully saturated rings. The third-order valence-corrected chi connectivity index (χ3v) is 9.83. The molecule has 0 saturated carbocycles. The molecule has 0 radical (unpaired) electrons. The summed E-state index contributed by atoms with van der Waals surface area (Å²) in [5, 5.41) is 9.07. The predicted octanol–water partition coefficient (Wildman–Crippen LogP) is 7.20. The Kier molecular flexibility index (Phi) is 11.7. The molecule has 3 N–H and O–H groups in total. The second-order valence-corrected chi connectivity index (χ2v) is 13.4. The van der Waals surface area contributed by atoms with Gasteiger partial charge in [0.25, 0.3) is 11.8 Å². The lowest BCUT2D eigenvalue weighted by Crippen LogP contribution is -2.30. The first kappa shape index (κ1) is 34.5. The van der Waals surface area contributed by atoms with Crippen LogP contribution in [0.15, 0.2) is 89.5 Å². The number of thiophene rings is 1. The van der Waals surface area contributed by atoms with Gasteiger partial charge in [0.2, 0.25) is 5.91 Å². The quantitative estimate of drug-likeness (QED) is 0.0820. The number of hydrogen-bond acceptors (Lipinski definition) is 8. The predicted molar refractivity (Wildman–Crippen MR) is 191 cm³/mol. The highest BCUT2D eigenvalue weighted by Crippen LogP contribution is 2.40. The number of para-hydroxylation sites is 1. The Balaban J connectivity index is 1.29. The van der Waals surface area contributed by atoms with Crippen LogP contribution < -0.4 is 20.7 Å². The molecular formula is C37H37N3O6S2. The summed E-state index contributed by atoms with van der Waals surface area (Å²) in [6, 6.07) is 23.0. The highest BCUT2D eigenvalue weighted by molar-refractivity contribution is 8.00. The molecule has 4 aromatic rings. The van der Waals surface area contributed by atoms with E-state index >= 15 is 0 Å². The van der Waals surface area contributed by atoms with Crippen LogP contribution in [0.1, 0.15) is 57.0 Å². The van der Waals surface area contributed by atoms with Crippen molar-refractivity contribution in [2.75, 3.05) is 30.1 Å². The van der Waals surface area contributed by atoms with Crippen molar-refractivity contribution in [2.45, 2.75) is 38.0 Å². The summed E-state index contributed by atoms with van der Waals surface area (Å²) in [4.78, 5) is 54.2. The molecule has 9 nitrogen and oxygen atoms in total. The fourth-order valence-electron chi connectivity index (χ4n) is 5.32. The molecule has 0 aliphatic heterocycles. The van der Waals surface area contributed by atoms with E-state index < -0.39 is 17.8 Å². The molecule has 0 saturated heterocycles. The number of thioether (sulfide) groups is 1. The SMILES string of the molecule is CCOc1ccccc1/C=C(/NC(=O)c1ccccc1)C(=O)Nc1cccc(SCC(=O)Nc2sc3c(c2C(=O)OC)CCC(C)C3)c1. The number of nitrogens with one attached hydrogen (secondary N) is 3. The average molecular weight is 684 g/mol. The third-order valence-electron chi connectivity index (χ3n) is 7.66. The van der Waals surface area contributed by atoms with E-state index in [-0.39, 0.29) is 17.4 Å². The monoisotopic (exact) mass is 683 g/mol. The van der Waals surface area contributed by atoms with Gasteiger partial charge in [-0.1, -0.05) is 49.4 Å². The maximum absolute atomic E-state index is 13.6. The van der Waals surface area contributed by atoms with Crippen LogP contribution in [-0.2, 0) is 27.2 Å². The van der Waals surface area contributed by atoms with Crippen LogP contribution in [0.4, 0.5) is 10.7 Å². The minimum Gasteiger partial charge on any atom is -0.493 e. The van der Waals surface area contributed by atoms with Gasteiger partial charge >= 0.3 is 5.97 Å². The number of rotatable bonds is 12. The Morgan fingerprint density at radius 2 is 1.75 bits per heavy atom. The topological polar surface area (TPSA) is 123 Å². The van der Waals surface area contributed by atoms with Crippen LogP contribution in [0.25, 0.3) is 6.08 Å². The zero-order valence-corrected chi connectivity index (χ0v) is 28.6. The van der Waals surface area contributed by atoms with Gasteiger partial charge in [-0.05, 0) is 80.1 Å². The zero-order chi connectivity index (χ0) is 34.0. The number of amides is 3. The van der Waals surface area contributed by atoms with E-state index in [1.807, 2.05) is 31.2 Å². The summed E-state index contributed by atoms with van der Waals surface area (Å²) in [5.41, 5.74) is 2.98. The molecule has 3 aromatic carbocycles. The third kappa shape index (κ3) is 8.72. The molecule has 0 spiro atoms. The Bertz CT molecular complexity index is 1840. The standard InChI is InChI=1S/C37H37N3O6S2/c1-4-46-30-16-9-8-13-25(30)20-29(39-34(42)24-11-6-5-7-12-24)35(43)38-26-14-10-15-27(21-26)47-22-32(41)40-36-33(37(44)45-3)28-18-17-23(2)19-31(28)48-36/h5-16,20-21,23H,4,17-19,22H2,1-3H3,(H,38,43)(H,39,42)(H,40,41)/b29-20+. The minimum atomic E-state index is -0.531. The van der Waals surface area contributed by atoms with Crippen molar-refractivity contribution in [2.24, 2.45) is 5.92 Å². The van der Waals surface area contributed by atoms with Gasteiger partial charge in [-0.15, -0.1) is 23.1 Å². The number of esters is 1. The summed E-state index contributed by atoms with van der Waals surface area (Å²) in [6.07, 6.45) is 4.22. The van der Waals surface area contributed by atoms with Crippen molar-refractivity contribution in [1.82, 2.24) is 5.32 Å². The molecule has 248 valence electrons. The van der Waals surface area contributed by atoms with Crippen LogP contribution in [-0.4, -0.2) is 43.2 Å². The maximum atomic E-state index is 13.6. The average Bonchev–Trinajstić information content (AvgIpc) is 3.44. The Labute approximate surface area is 288 Å². The summed E-state index contributed by atoms with van der Waals surface area (Å²) in [6.45, 7) is 4.49. The lowest BCUT2D eigenvalue weighted by molar-refractivity contribution is -0.114. The first-order chi connectivity index (χ1) is 23.2. The first-order valence-corrected chi connectivity index (χ1v) is 17.4. The number of anilines is 2. The van der Waals surface area contributed by atoms with Crippen molar-refractivity contribution in [3.8, 4) is 5.75 Å². The van der Waals surface area contributed by atoms with Crippen LogP contribution in [0, 0.1) is 5.92 Å². The second kappa shape index (κ2) is 16.3. The molecule has 3 amide bonds. The molecule has 0 bridgehead atoms. The van der Waals surface area contributed by atoms with Gasteiger partial charge in [-0.25, -0.2) is 4.79 Å². The normalized spacial score (nSPS) is 14.0. The molecule has 1 aliphatic carbocycles. The Morgan fingerprint density at radius 3 is 2.52 bits per heavy atom. The van der Waals surface area contributed by atoms with Gasteiger partial charge in [0.1, 0.15) is 16.4 Å². The van der Waals surface area contributed by atoms with Crippen molar-refractivity contribution in [3.63, 3.8) is 0 Å². The van der Waals surface area contributed by atoms with Crippen LogP contribution in [0.5, 0.6) is 5.75 Å². The fourth-order valence-corrected chi connectivity index (χ4v) is 7.49. The van der Waals surface area contributed by atoms with Gasteiger partial charge in [0.05, 0.1) is 25.0 Å². The highest BCUT2D eigenvalue weighted by Gasteiger charge is 2.29. The van der Waals surface area contributed by atoms with Gasteiger partial charge in [-0.2, -0.15) is 0 Å². The van der Waals surface area contributed by atoms with E-state index in [2.05, 4.69) is 22.9 Å². The molecule has 1 aliphatic rings. The molecule has 1 aromatic heterocycles. The molecular weight excluding hydrogens is 647 g/mol. The number of fused-ring (bicyclic) bond motifs is 1. The molecule has 11 heteroatoms. The zero-order valence-electron chi connectivity index (χ0n) is 27.0. The van der Waals surface area contributed by atoms with E-state index in [9.17, 15) is 19.2 Å². The number of carbonyl (C=O) groups is 4. The van der Waals surface area contributed by atoms with Crippen molar-refractivity contribution >= 4 is 63.6 Å². The molecule has 1 heterocycles. The van der Waals surface area contributed by atoms with Gasteiger partial charge in [0.15, 0.2) is 0 Å². The number of benzene rings is 3. The second-order valence-electron chi connectivity index (χ2n) is 11.2. The number of methoxy groups -OCH3 is 1. The smallest absolute Gasteiger partial charge is 0.341 e. The Hall–Kier alpha value is -4.87. The van der Waals surface area contributed by atoms with Crippen molar-refractivity contribution in [1.29, 1.82) is 0 Å². The maximum Gasteiger partial charge on any atom is 0.341 e. The van der Waals surface area contributed by atoms with E-state index in [1.54, 1.807) is 60.7 Å². The summed E-state index contributed by atoms with van der Waals surface area (Å²) < 4.78 is 10.8. The summed E-state index contributed by atoms with van der Waals surface area (Å²) in [5.74, 6) is -0.479. The minimum absolute atomic E-state index is 0.0305. The van der Waals surface area contributed by atoms with Crippen molar-refractivity contribution < 1.29 is 28.7 Å².